The summed E-state index contributed by atoms with van der Waals surface area (Å²) in [7, 11) is 0. The molecule has 1 amide bonds. The molecule has 0 radical (unpaired) electrons. The topological polar surface area (TPSA) is 87.7 Å². The van der Waals surface area contributed by atoms with Gasteiger partial charge in [0.1, 0.15) is 5.41 Å². The molecule has 1 aromatic carbocycles. The Labute approximate surface area is 133 Å². The van der Waals surface area contributed by atoms with Crippen LogP contribution in [-0.2, 0) is 4.79 Å². The number of nitrogens with one attached hydrogen (secondary N) is 1. The molecule has 0 aliphatic heterocycles. The minimum atomic E-state index is -0.913. The first kappa shape index (κ1) is 15.3. The minimum absolute atomic E-state index is 0.0179. The molecule has 0 unspecified atom stereocenters. The van der Waals surface area contributed by atoms with Crippen molar-refractivity contribution in [2.45, 2.75) is 25.7 Å². The van der Waals surface area contributed by atoms with Crippen LogP contribution in [0.5, 0.6) is 0 Å². The molecule has 108 valence electrons. The number of benzene rings is 1. The van der Waals surface area contributed by atoms with Gasteiger partial charge in [0.2, 0.25) is 5.91 Å². The maximum Gasteiger partial charge on any atom is 0.238 e. The Kier molecular flexibility index (Phi) is 4.70. The van der Waals surface area contributed by atoms with Gasteiger partial charge in [-0.2, -0.15) is 0 Å². The molecule has 1 aromatic rings. The summed E-state index contributed by atoms with van der Waals surface area (Å²) in [4.78, 5) is 12.6. The molecule has 1 aliphatic rings. The number of carbonyl (C=O) groups excluding carboxylic acids is 1. The lowest BCUT2D eigenvalue weighted by Gasteiger charge is -2.26. The van der Waals surface area contributed by atoms with E-state index in [1.807, 2.05) is 18.2 Å². The van der Waals surface area contributed by atoms with Gasteiger partial charge >= 0.3 is 0 Å². The smallest absolute Gasteiger partial charge is 0.238 e. The normalized spacial score (nSPS) is 18.0. The summed E-state index contributed by atoms with van der Waals surface area (Å²) < 4.78 is 1.54. The van der Waals surface area contributed by atoms with Gasteiger partial charge in [0, 0.05) is 8.95 Å². The second kappa shape index (κ2) is 6.13. The standard InChI is InChI=1S/C13H15Br2N3O2/c14-8-4-3-5-9(15)10(8)17-12(19)13(11(16)18-20)6-1-2-7-13/h3-5,20H,1-2,6-7H2,(H2,16,18)(H,17,19). The first-order valence-electron chi connectivity index (χ1n) is 6.25. The number of carbonyl (C=O) groups is 1. The lowest BCUT2D eigenvalue weighted by Crippen LogP contribution is -2.45. The van der Waals surface area contributed by atoms with Crippen molar-refractivity contribution >= 4 is 49.3 Å². The molecular formula is C13H15Br2N3O2. The SMILES string of the molecule is N/C(=N/O)C1(C(=O)Nc2c(Br)cccc2Br)CCCC1. The van der Waals surface area contributed by atoms with Crippen LogP contribution < -0.4 is 11.1 Å². The van der Waals surface area contributed by atoms with Crippen LogP contribution in [0.25, 0.3) is 0 Å². The van der Waals surface area contributed by atoms with E-state index in [-0.39, 0.29) is 11.7 Å². The third kappa shape index (κ3) is 2.69. The van der Waals surface area contributed by atoms with Gasteiger partial charge in [-0.15, -0.1) is 0 Å². The average Bonchev–Trinajstić information content (AvgIpc) is 2.92. The number of para-hydroxylation sites is 1. The molecule has 0 atom stereocenters. The van der Waals surface area contributed by atoms with Crippen LogP contribution in [0.15, 0.2) is 32.3 Å². The van der Waals surface area contributed by atoms with Crippen molar-refractivity contribution in [3.05, 3.63) is 27.1 Å². The van der Waals surface area contributed by atoms with Crippen molar-refractivity contribution in [3.63, 3.8) is 0 Å². The summed E-state index contributed by atoms with van der Waals surface area (Å²) in [6, 6.07) is 5.54. The lowest BCUT2D eigenvalue weighted by molar-refractivity contribution is -0.122. The lowest BCUT2D eigenvalue weighted by atomic mass is 9.83. The highest BCUT2D eigenvalue weighted by Gasteiger charge is 2.45. The van der Waals surface area contributed by atoms with E-state index >= 15 is 0 Å². The zero-order valence-corrected chi connectivity index (χ0v) is 13.9. The van der Waals surface area contributed by atoms with E-state index in [0.29, 0.717) is 18.5 Å². The third-order valence-electron chi connectivity index (χ3n) is 3.69. The summed E-state index contributed by atoms with van der Waals surface area (Å²) in [6.45, 7) is 0. The first-order valence-corrected chi connectivity index (χ1v) is 7.83. The maximum absolute atomic E-state index is 12.6. The maximum atomic E-state index is 12.6. The number of amides is 1. The number of anilines is 1. The largest absolute Gasteiger partial charge is 0.409 e. The molecule has 1 aliphatic carbocycles. The van der Waals surface area contributed by atoms with Crippen LogP contribution in [0.2, 0.25) is 0 Å². The minimum Gasteiger partial charge on any atom is -0.409 e. The number of hydrogen-bond donors (Lipinski definition) is 3. The summed E-state index contributed by atoms with van der Waals surface area (Å²) in [5.74, 6) is -0.256. The molecule has 1 fully saturated rings. The molecule has 0 aromatic heterocycles. The van der Waals surface area contributed by atoms with Gasteiger partial charge in [0.15, 0.2) is 5.84 Å². The van der Waals surface area contributed by atoms with Gasteiger partial charge in [-0.25, -0.2) is 0 Å². The molecule has 0 saturated heterocycles. The number of hydrogen-bond acceptors (Lipinski definition) is 3. The number of oxime groups is 1. The number of amidine groups is 1. The monoisotopic (exact) mass is 403 g/mol. The van der Waals surface area contributed by atoms with Crippen molar-refractivity contribution < 1.29 is 10.0 Å². The molecule has 0 spiro atoms. The van der Waals surface area contributed by atoms with Crippen LogP contribution in [0, 0.1) is 5.41 Å². The van der Waals surface area contributed by atoms with Crippen molar-refractivity contribution in [3.8, 4) is 0 Å². The van der Waals surface area contributed by atoms with E-state index in [9.17, 15) is 4.79 Å². The highest BCUT2D eigenvalue weighted by atomic mass is 79.9. The number of halogens is 2. The van der Waals surface area contributed by atoms with Crippen LogP contribution in [0.3, 0.4) is 0 Å². The van der Waals surface area contributed by atoms with Gasteiger partial charge in [0.05, 0.1) is 5.69 Å². The Morgan fingerprint density at radius 3 is 2.35 bits per heavy atom. The quantitative estimate of drug-likeness (QED) is 0.312. The van der Waals surface area contributed by atoms with Gasteiger partial charge in [0.25, 0.3) is 0 Å². The summed E-state index contributed by atoms with van der Waals surface area (Å²) >= 11 is 6.80. The van der Waals surface area contributed by atoms with Gasteiger partial charge in [-0.3, -0.25) is 4.79 Å². The fourth-order valence-corrected chi connectivity index (χ4v) is 3.72. The fraction of sp³-hybridized carbons (Fsp3) is 0.385. The second-order valence-corrected chi connectivity index (χ2v) is 6.53. The van der Waals surface area contributed by atoms with E-state index in [2.05, 4.69) is 42.3 Å². The van der Waals surface area contributed by atoms with Crippen molar-refractivity contribution in [1.29, 1.82) is 0 Å². The Bertz CT molecular complexity index is 534. The molecule has 5 nitrogen and oxygen atoms in total. The molecule has 0 bridgehead atoms. The summed E-state index contributed by atoms with van der Waals surface area (Å²) in [5, 5.41) is 14.9. The molecule has 7 heteroatoms. The molecule has 2 rings (SSSR count). The molecule has 4 N–H and O–H groups in total. The van der Waals surface area contributed by atoms with Crippen LogP contribution in [0.4, 0.5) is 5.69 Å². The first-order chi connectivity index (χ1) is 9.51. The van der Waals surface area contributed by atoms with Crippen LogP contribution in [0.1, 0.15) is 25.7 Å². The van der Waals surface area contributed by atoms with Crippen LogP contribution >= 0.6 is 31.9 Å². The van der Waals surface area contributed by atoms with Crippen LogP contribution in [-0.4, -0.2) is 17.0 Å². The third-order valence-corrected chi connectivity index (χ3v) is 5.01. The predicted molar refractivity (Wildman–Crippen MR) is 84.8 cm³/mol. The molecule has 1 saturated carbocycles. The zero-order valence-electron chi connectivity index (χ0n) is 10.7. The fourth-order valence-electron chi connectivity index (χ4n) is 2.52. The van der Waals surface area contributed by atoms with Crippen molar-refractivity contribution in [1.82, 2.24) is 0 Å². The zero-order chi connectivity index (χ0) is 14.8. The molecular weight excluding hydrogens is 390 g/mol. The van der Waals surface area contributed by atoms with E-state index in [4.69, 9.17) is 10.9 Å². The Hall–Kier alpha value is -1.08. The Morgan fingerprint density at radius 2 is 1.85 bits per heavy atom. The highest BCUT2D eigenvalue weighted by Crippen LogP contribution is 2.40. The Balaban J connectivity index is 2.31. The Morgan fingerprint density at radius 1 is 1.30 bits per heavy atom. The average molecular weight is 405 g/mol. The second-order valence-electron chi connectivity index (χ2n) is 4.83. The number of rotatable bonds is 3. The molecule has 0 heterocycles. The van der Waals surface area contributed by atoms with Crippen molar-refractivity contribution in [2.24, 2.45) is 16.3 Å². The van der Waals surface area contributed by atoms with Gasteiger partial charge < -0.3 is 16.3 Å². The predicted octanol–water partition coefficient (Wildman–Crippen LogP) is 3.46. The van der Waals surface area contributed by atoms with E-state index in [0.717, 1.165) is 21.8 Å². The van der Waals surface area contributed by atoms with E-state index in [1.54, 1.807) is 0 Å². The van der Waals surface area contributed by atoms with E-state index < -0.39 is 5.41 Å². The number of nitrogens with two attached hydrogens (primary N) is 1. The number of nitrogens with zero attached hydrogens (tertiary/aromatic N) is 1. The van der Waals surface area contributed by atoms with Gasteiger partial charge in [-0.05, 0) is 56.8 Å². The highest BCUT2D eigenvalue weighted by molar-refractivity contribution is 9.11. The summed E-state index contributed by atoms with van der Waals surface area (Å²) in [5.41, 5.74) is 5.49. The van der Waals surface area contributed by atoms with Gasteiger partial charge in [-0.1, -0.05) is 24.1 Å². The molecule has 20 heavy (non-hydrogen) atoms. The van der Waals surface area contributed by atoms with Crippen molar-refractivity contribution in [2.75, 3.05) is 5.32 Å². The van der Waals surface area contributed by atoms with E-state index in [1.165, 1.54) is 0 Å². The summed E-state index contributed by atoms with van der Waals surface area (Å²) in [6.07, 6.45) is 2.97.